The summed E-state index contributed by atoms with van der Waals surface area (Å²) in [6.45, 7) is 2.47. The Bertz CT molecular complexity index is 426. The first kappa shape index (κ1) is 20.0. The van der Waals surface area contributed by atoms with Crippen molar-refractivity contribution in [2.75, 3.05) is 0 Å². The third-order valence-corrected chi connectivity index (χ3v) is 9.12. The third kappa shape index (κ3) is 5.42. The second kappa shape index (κ2) is 9.98. The van der Waals surface area contributed by atoms with Crippen LogP contribution in [0.5, 0.6) is 0 Å². The average molecular weight is 371 g/mol. The first-order valence-corrected chi connectivity index (χ1v) is 13.0. The van der Waals surface area contributed by atoms with Crippen LogP contribution in [0.2, 0.25) is 0 Å². The van der Waals surface area contributed by atoms with Crippen molar-refractivity contribution in [1.82, 2.24) is 0 Å². The van der Waals surface area contributed by atoms with E-state index < -0.39 is 0 Å². The van der Waals surface area contributed by atoms with Gasteiger partial charge in [0.15, 0.2) is 0 Å². The maximum Gasteiger partial charge on any atom is -0.0200 e. The molecule has 0 N–H and O–H groups in total. The summed E-state index contributed by atoms with van der Waals surface area (Å²) in [5.41, 5.74) is 1.98. The zero-order chi connectivity index (χ0) is 18.5. The molecular weight excluding hydrogens is 324 g/mol. The maximum absolute atomic E-state index is 2.89. The summed E-state index contributed by atoms with van der Waals surface area (Å²) < 4.78 is 0. The van der Waals surface area contributed by atoms with Crippen molar-refractivity contribution in [1.29, 1.82) is 0 Å². The molecule has 0 saturated heterocycles. The van der Waals surface area contributed by atoms with Gasteiger partial charge in [0.2, 0.25) is 0 Å². The summed E-state index contributed by atoms with van der Waals surface area (Å²) in [4.78, 5) is 0. The fourth-order valence-electron chi connectivity index (χ4n) is 7.29. The minimum Gasteiger partial charge on any atom is -0.0817 e. The fourth-order valence-corrected chi connectivity index (χ4v) is 7.29. The number of hydrogen-bond donors (Lipinski definition) is 0. The highest BCUT2D eigenvalue weighted by Gasteiger charge is 2.31. The van der Waals surface area contributed by atoms with E-state index in [1.165, 1.54) is 89.9 Å². The van der Waals surface area contributed by atoms with Gasteiger partial charge in [-0.25, -0.2) is 0 Å². The van der Waals surface area contributed by atoms with Crippen LogP contribution in [-0.4, -0.2) is 0 Å². The predicted octanol–water partition coefficient (Wildman–Crippen LogP) is 8.71. The van der Waals surface area contributed by atoms with Gasteiger partial charge in [-0.15, -0.1) is 0 Å². The van der Waals surface area contributed by atoms with Crippen LogP contribution in [0.4, 0.5) is 0 Å². The SMILES string of the molecule is CC1CCC(C2CCC(C=C(C3CCCCC3)C3CCCCC3)CC2)CC1. The normalized spacial score (nSPS) is 37.1. The van der Waals surface area contributed by atoms with Crippen molar-refractivity contribution in [2.45, 2.75) is 122 Å². The molecule has 0 atom stereocenters. The zero-order valence-corrected chi connectivity index (χ0v) is 18.3. The first-order chi connectivity index (χ1) is 13.3. The summed E-state index contributed by atoms with van der Waals surface area (Å²) in [6, 6.07) is 0. The lowest BCUT2D eigenvalue weighted by Gasteiger charge is -2.38. The van der Waals surface area contributed by atoms with E-state index in [0.717, 1.165) is 35.5 Å². The van der Waals surface area contributed by atoms with Crippen molar-refractivity contribution < 1.29 is 0 Å². The van der Waals surface area contributed by atoms with E-state index in [4.69, 9.17) is 0 Å². The van der Waals surface area contributed by atoms with Gasteiger partial charge in [0.05, 0.1) is 0 Å². The van der Waals surface area contributed by atoms with E-state index in [1.54, 1.807) is 25.7 Å². The Labute approximate surface area is 170 Å². The van der Waals surface area contributed by atoms with Crippen molar-refractivity contribution in [3.05, 3.63) is 11.6 Å². The smallest absolute Gasteiger partial charge is 0.0200 e. The molecule has 4 aliphatic carbocycles. The molecule has 0 aliphatic heterocycles. The summed E-state index contributed by atoms with van der Waals surface area (Å²) in [6.07, 6.45) is 30.2. The lowest BCUT2D eigenvalue weighted by atomic mass is 9.68. The fraction of sp³-hybridized carbons (Fsp3) is 0.926. The van der Waals surface area contributed by atoms with Gasteiger partial charge in [0.25, 0.3) is 0 Å². The second-order valence-electron chi connectivity index (χ2n) is 11.0. The standard InChI is InChI=1S/C27H46/c1-21-12-16-23(17-13-21)24-18-14-22(15-19-24)20-27(25-8-4-2-5-9-25)26-10-6-3-7-11-26/h20-26H,2-19H2,1H3. The molecule has 0 aromatic carbocycles. The Morgan fingerprint density at radius 1 is 0.519 bits per heavy atom. The van der Waals surface area contributed by atoms with Gasteiger partial charge in [0, 0.05) is 0 Å². The van der Waals surface area contributed by atoms with Gasteiger partial charge < -0.3 is 0 Å². The predicted molar refractivity (Wildman–Crippen MR) is 118 cm³/mol. The average Bonchev–Trinajstić information content (AvgIpc) is 2.74. The Hall–Kier alpha value is -0.260. The topological polar surface area (TPSA) is 0 Å². The highest BCUT2D eigenvalue weighted by molar-refractivity contribution is 5.15. The van der Waals surface area contributed by atoms with E-state index in [0.29, 0.717) is 0 Å². The molecular formula is C27H46. The molecule has 4 aliphatic rings. The summed E-state index contributed by atoms with van der Waals surface area (Å²) in [5.74, 6) is 6.05. The van der Waals surface area contributed by atoms with Crippen LogP contribution in [0.3, 0.4) is 0 Å². The molecule has 0 radical (unpaired) electrons. The molecule has 0 bridgehead atoms. The minimum atomic E-state index is 0.933. The van der Waals surface area contributed by atoms with Crippen LogP contribution in [0.1, 0.15) is 122 Å². The third-order valence-electron chi connectivity index (χ3n) is 9.12. The van der Waals surface area contributed by atoms with E-state index in [9.17, 15) is 0 Å². The molecule has 154 valence electrons. The monoisotopic (exact) mass is 370 g/mol. The second-order valence-corrected chi connectivity index (χ2v) is 11.0. The first-order valence-electron chi connectivity index (χ1n) is 13.0. The van der Waals surface area contributed by atoms with E-state index in [-0.39, 0.29) is 0 Å². The van der Waals surface area contributed by atoms with Crippen LogP contribution < -0.4 is 0 Å². The molecule has 0 heterocycles. The van der Waals surface area contributed by atoms with Gasteiger partial charge in [0.1, 0.15) is 0 Å². The lowest BCUT2D eigenvalue weighted by molar-refractivity contribution is 0.159. The minimum absolute atomic E-state index is 0.933. The molecule has 4 saturated carbocycles. The molecule has 4 fully saturated rings. The van der Waals surface area contributed by atoms with Gasteiger partial charge in [-0.2, -0.15) is 0 Å². The Kier molecular flexibility index (Phi) is 7.40. The number of hydrogen-bond acceptors (Lipinski definition) is 0. The largest absolute Gasteiger partial charge is 0.0817 e. The molecule has 4 rings (SSSR count). The van der Waals surface area contributed by atoms with Gasteiger partial charge >= 0.3 is 0 Å². The zero-order valence-electron chi connectivity index (χ0n) is 18.3. The van der Waals surface area contributed by atoms with Crippen molar-refractivity contribution in [3.8, 4) is 0 Å². The summed E-state index contributed by atoms with van der Waals surface area (Å²) in [5, 5.41) is 0. The van der Waals surface area contributed by atoms with E-state index in [1.807, 2.05) is 5.57 Å². The van der Waals surface area contributed by atoms with Gasteiger partial charge in [-0.05, 0) is 99.7 Å². The Morgan fingerprint density at radius 3 is 1.44 bits per heavy atom. The highest BCUT2D eigenvalue weighted by atomic mass is 14.4. The lowest BCUT2D eigenvalue weighted by Crippen LogP contribution is -2.25. The molecule has 0 nitrogen and oxygen atoms in total. The van der Waals surface area contributed by atoms with Crippen molar-refractivity contribution in [3.63, 3.8) is 0 Å². The van der Waals surface area contributed by atoms with Gasteiger partial charge in [-0.1, -0.05) is 69.9 Å². The van der Waals surface area contributed by atoms with Crippen molar-refractivity contribution >= 4 is 0 Å². The van der Waals surface area contributed by atoms with Gasteiger partial charge in [-0.3, -0.25) is 0 Å². The molecule has 0 amide bonds. The van der Waals surface area contributed by atoms with Crippen LogP contribution in [0, 0.1) is 35.5 Å². The van der Waals surface area contributed by atoms with Crippen LogP contribution in [-0.2, 0) is 0 Å². The van der Waals surface area contributed by atoms with Crippen LogP contribution in [0.25, 0.3) is 0 Å². The van der Waals surface area contributed by atoms with Crippen LogP contribution >= 0.6 is 0 Å². The molecule has 27 heavy (non-hydrogen) atoms. The Morgan fingerprint density at radius 2 is 0.963 bits per heavy atom. The van der Waals surface area contributed by atoms with Crippen molar-refractivity contribution in [2.24, 2.45) is 35.5 Å². The number of rotatable bonds is 4. The molecule has 0 unspecified atom stereocenters. The van der Waals surface area contributed by atoms with Crippen LogP contribution in [0.15, 0.2) is 11.6 Å². The maximum atomic E-state index is 2.89. The molecule has 0 heteroatoms. The summed E-state index contributed by atoms with van der Waals surface area (Å²) in [7, 11) is 0. The molecule has 0 spiro atoms. The quantitative estimate of drug-likeness (QED) is 0.434. The molecule has 0 aromatic heterocycles. The van der Waals surface area contributed by atoms with E-state index in [2.05, 4.69) is 13.0 Å². The Balaban J connectivity index is 1.36. The summed E-state index contributed by atoms with van der Waals surface area (Å²) >= 11 is 0. The molecule has 0 aromatic rings. The van der Waals surface area contributed by atoms with E-state index >= 15 is 0 Å². The highest BCUT2D eigenvalue weighted by Crippen LogP contribution is 2.44. The number of allylic oxidation sites excluding steroid dienone is 2.